The molecular weight excluding hydrogens is 414 g/mol. The molecule has 33 heavy (non-hydrogen) atoms. The Kier molecular flexibility index (Phi) is 5.72. The Balaban J connectivity index is 1.33. The van der Waals surface area contributed by atoms with Gasteiger partial charge in [0.25, 0.3) is 0 Å². The van der Waals surface area contributed by atoms with Crippen molar-refractivity contribution >= 4 is 16.6 Å². The van der Waals surface area contributed by atoms with Crippen LogP contribution in [0.15, 0.2) is 47.0 Å². The summed E-state index contributed by atoms with van der Waals surface area (Å²) in [4.78, 5) is 18.8. The van der Waals surface area contributed by atoms with E-state index in [9.17, 15) is 0 Å². The lowest BCUT2D eigenvalue weighted by molar-refractivity contribution is 0.245. The van der Waals surface area contributed by atoms with Crippen LogP contribution in [0.5, 0.6) is 5.75 Å². The molecule has 2 aromatic carbocycles. The fraction of sp³-hybridized carbons (Fsp3) is 0.346. The van der Waals surface area contributed by atoms with E-state index in [-0.39, 0.29) is 0 Å². The number of aromatic nitrogens is 3. The van der Waals surface area contributed by atoms with Gasteiger partial charge in [0.15, 0.2) is 0 Å². The van der Waals surface area contributed by atoms with Gasteiger partial charge in [-0.1, -0.05) is 24.3 Å². The Morgan fingerprint density at radius 1 is 0.939 bits per heavy atom. The summed E-state index contributed by atoms with van der Waals surface area (Å²) in [6.45, 7) is 10.5. The van der Waals surface area contributed by atoms with Gasteiger partial charge in [-0.25, -0.2) is 9.97 Å². The standard InChI is InChI=1S/C26H29N5O2/c1-17-15-27-18(2)25(28-17)31-13-11-30(12-14-31)16-23-19(3)33-26(29-23)22-9-10-24(32-4)21-8-6-5-7-20(21)22/h5-10,15H,11-14,16H2,1-4H3. The van der Waals surface area contributed by atoms with Gasteiger partial charge in [0.05, 0.1) is 24.2 Å². The lowest BCUT2D eigenvalue weighted by atomic mass is 10.0. The molecule has 2 aromatic heterocycles. The molecular formula is C26H29N5O2. The first-order valence-corrected chi connectivity index (χ1v) is 11.3. The second-order valence-electron chi connectivity index (χ2n) is 8.57. The summed E-state index contributed by atoms with van der Waals surface area (Å²) < 4.78 is 11.7. The highest BCUT2D eigenvalue weighted by Gasteiger charge is 2.23. The highest BCUT2D eigenvalue weighted by Crippen LogP contribution is 2.34. The largest absolute Gasteiger partial charge is 0.496 e. The molecule has 4 aromatic rings. The van der Waals surface area contributed by atoms with Crippen molar-refractivity contribution in [1.82, 2.24) is 19.9 Å². The van der Waals surface area contributed by atoms with Gasteiger partial charge < -0.3 is 14.1 Å². The molecule has 0 saturated carbocycles. The quantitative estimate of drug-likeness (QED) is 0.448. The average molecular weight is 444 g/mol. The van der Waals surface area contributed by atoms with Gasteiger partial charge in [0, 0.05) is 49.9 Å². The van der Waals surface area contributed by atoms with E-state index in [1.54, 1.807) is 7.11 Å². The molecule has 0 aliphatic carbocycles. The third-order valence-electron chi connectivity index (χ3n) is 6.32. The van der Waals surface area contributed by atoms with Gasteiger partial charge in [-0.05, 0) is 38.3 Å². The first kappa shape index (κ1) is 21.4. The van der Waals surface area contributed by atoms with Crippen molar-refractivity contribution in [3.8, 4) is 17.2 Å². The third-order valence-corrected chi connectivity index (χ3v) is 6.32. The molecule has 0 spiro atoms. The summed E-state index contributed by atoms with van der Waals surface area (Å²) in [5.41, 5.74) is 3.91. The lowest BCUT2D eigenvalue weighted by Crippen LogP contribution is -2.46. The molecule has 0 atom stereocenters. The second kappa shape index (κ2) is 8.83. The van der Waals surface area contributed by atoms with Crippen LogP contribution < -0.4 is 9.64 Å². The van der Waals surface area contributed by atoms with Crippen LogP contribution in [0.1, 0.15) is 22.8 Å². The zero-order valence-electron chi connectivity index (χ0n) is 19.6. The minimum atomic E-state index is 0.658. The third kappa shape index (κ3) is 4.16. The fourth-order valence-corrected chi connectivity index (χ4v) is 4.48. The minimum absolute atomic E-state index is 0.658. The van der Waals surface area contributed by atoms with E-state index in [1.165, 1.54) is 0 Å². The number of piperazine rings is 1. The van der Waals surface area contributed by atoms with Crippen molar-refractivity contribution < 1.29 is 9.15 Å². The van der Waals surface area contributed by atoms with Gasteiger partial charge in [-0.2, -0.15) is 0 Å². The predicted molar refractivity (Wildman–Crippen MR) is 130 cm³/mol. The number of oxazole rings is 1. The predicted octanol–water partition coefficient (Wildman–Crippen LogP) is 4.54. The zero-order chi connectivity index (χ0) is 22.9. The number of rotatable bonds is 5. The van der Waals surface area contributed by atoms with Crippen LogP contribution in [0.4, 0.5) is 5.82 Å². The van der Waals surface area contributed by atoms with E-state index in [4.69, 9.17) is 19.1 Å². The molecule has 7 nitrogen and oxygen atoms in total. The Labute approximate surface area is 194 Å². The number of ether oxygens (including phenoxy) is 1. The van der Waals surface area contributed by atoms with Crippen molar-refractivity contribution in [1.29, 1.82) is 0 Å². The highest BCUT2D eigenvalue weighted by molar-refractivity contribution is 5.98. The maximum Gasteiger partial charge on any atom is 0.227 e. The maximum atomic E-state index is 6.14. The zero-order valence-corrected chi connectivity index (χ0v) is 19.6. The first-order chi connectivity index (χ1) is 16.0. The number of anilines is 1. The molecule has 3 heterocycles. The molecule has 1 fully saturated rings. The number of benzene rings is 2. The number of aryl methyl sites for hydroxylation is 3. The smallest absolute Gasteiger partial charge is 0.227 e. The Morgan fingerprint density at radius 2 is 1.70 bits per heavy atom. The number of nitrogens with zero attached hydrogens (tertiary/aromatic N) is 5. The van der Waals surface area contributed by atoms with Crippen LogP contribution in [0, 0.1) is 20.8 Å². The number of hydrogen-bond donors (Lipinski definition) is 0. The van der Waals surface area contributed by atoms with E-state index in [1.807, 2.05) is 51.2 Å². The number of methoxy groups -OCH3 is 1. The molecule has 0 amide bonds. The normalized spacial score (nSPS) is 14.7. The van der Waals surface area contributed by atoms with Crippen LogP contribution in [-0.2, 0) is 6.54 Å². The van der Waals surface area contributed by atoms with Crippen LogP contribution in [-0.4, -0.2) is 53.1 Å². The van der Waals surface area contributed by atoms with E-state index in [0.717, 1.165) is 83.5 Å². The number of hydrogen-bond acceptors (Lipinski definition) is 7. The average Bonchev–Trinajstić information content (AvgIpc) is 3.20. The van der Waals surface area contributed by atoms with E-state index < -0.39 is 0 Å². The van der Waals surface area contributed by atoms with Crippen molar-refractivity contribution in [3.63, 3.8) is 0 Å². The molecule has 1 saturated heterocycles. The van der Waals surface area contributed by atoms with Crippen LogP contribution >= 0.6 is 0 Å². The summed E-state index contributed by atoms with van der Waals surface area (Å²) in [5.74, 6) is 3.38. The monoisotopic (exact) mass is 443 g/mol. The van der Waals surface area contributed by atoms with Gasteiger partial charge in [-0.15, -0.1) is 0 Å². The maximum absolute atomic E-state index is 6.14. The minimum Gasteiger partial charge on any atom is -0.496 e. The Bertz CT molecular complexity index is 1290. The first-order valence-electron chi connectivity index (χ1n) is 11.3. The molecule has 170 valence electrons. The van der Waals surface area contributed by atoms with Crippen molar-refractivity contribution in [2.45, 2.75) is 27.3 Å². The summed E-state index contributed by atoms with van der Waals surface area (Å²) in [6, 6.07) is 12.2. The van der Waals surface area contributed by atoms with Gasteiger partial charge in [0.1, 0.15) is 17.3 Å². The second-order valence-corrected chi connectivity index (χ2v) is 8.57. The summed E-state index contributed by atoms with van der Waals surface area (Å²) in [7, 11) is 1.70. The van der Waals surface area contributed by atoms with Crippen LogP contribution in [0.2, 0.25) is 0 Å². The van der Waals surface area contributed by atoms with Crippen molar-refractivity contribution in [2.24, 2.45) is 0 Å². The molecule has 0 N–H and O–H groups in total. The lowest BCUT2D eigenvalue weighted by Gasteiger charge is -2.35. The molecule has 0 unspecified atom stereocenters. The summed E-state index contributed by atoms with van der Waals surface area (Å²) in [6.07, 6.45) is 1.83. The summed E-state index contributed by atoms with van der Waals surface area (Å²) in [5, 5.41) is 2.13. The topological polar surface area (TPSA) is 67.5 Å². The van der Waals surface area contributed by atoms with Gasteiger partial charge in [0.2, 0.25) is 5.89 Å². The fourth-order valence-electron chi connectivity index (χ4n) is 4.48. The van der Waals surface area contributed by atoms with Crippen LogP contribution in [0.3, 0.4) is 0 Å². The van der Waals surface area contributed by atoms with Crippen LogP contribution in [0.25, 0.3) is 22.2 Å². The summed E-state index contributed by atoms with van der Waals surface area (Å²) >= 11 is 0. The SMILES string of the molecule is COc1ccc(-c2nc(CN3CCN(c4nc(C)cnc4C)CC3)c(C)o2)c2ccccc12. The number of fused-ring (bicyclic) bond motifs is 1. The van der Waals surface area contributed by atoms with Gasteiger partial charge in [-0.3, -0.25) is 9.88 Å². The molecule has 7 heteroatoms. The highest BCUT2D eigenvalue weighted by atomic mass is 16.5. The Morgan fingerprint density at radius 3 is 2.45 bits per heavy atom. The van der Waals surface area contributed by atoms with Gasteiger partial charge >= 0.3 is 0 Å². The van der Waals surface area contributed by atoms with Crippen molar-refractivity contribution in [3.05, 3.63) is 65.4 Å². The Hall–Kier alpha value is -3.45. The molecule has 1 aliphatic heterocycles. The molecule has 5 rings (SSSR count). The molecule has 0 radical (unpaired) electrons. The molecule has 1 aliphatic rings. The van der Waals surface area contributed by atoms with Crippen molar-refractivity contribution in [2.75, 3.05) is 38.2 Å². The van der Waals surface area contributed by atoms with E-state index >= 15 is 0 Å². The molecule has 0 bridgehead atoms. The van der Waals surface area contributed by atoms with E-state index in [2.05, 4.69) is 26.9 Å². The van der Waals surface area contributed by atoms with E-state index in [0.29, 0.717) is 5.89 Å².